The van der Waals surface area contributed by atoms with E-state index in [1.807, 2.05) is 23.9 Å². The Kier molecular flexibility index (Phi) is 6.41. The molecule has 25 heavy (non-hydrogen) atoms. The molecule has 0 amide bonds. The van der Waals surface area contributed by atoms with E-state index in [1.54, 1.807) is 11.3 Å². The first-order chi connectivity index (χ1) is 12.1. The second-order valence-corrected chi connectivity index (χ2v) is 8.64. The second kappa shape index (κ2) is 8.75. The molecule has 0 aliphatic heterocycles. The van der Waals surface area contributed by atoms with Gasteiger partial charge in [-0.2, -0.15) is 0 Å². The summed E-state index contributed by atoms with van der Waals surface area (Å²) in [6.07, 6.45) is 3.28. The molecule has 0 nitrogen and oxygen atoms in total. The van der Waals surface area contributed by atoms with Gasteiger partial charge in [-0.15, -0.1) is 23.1 Å². The maximum absolute atomic E-state index is 6.02. The van der Waals surface area contributed by atoms with E-state index in [1.165, 1.54) is 32.0 Å². The predicted octanol–water partition coefficient (Wildman–Crippen LogP) is 7.54. The quantitative estimate of drug-likeness (QED) is 0.423. The SMILES string of the molecule is Cc1ccc(CS/C(=C/c2sccc2C)Cc2ccc(Cl)cc2)cc1. The van der Waals surface area contributed by atoms with Gasteiger partial charge in [-0.1, -0.05) is 53.6 Å². The number of hydrogen-bond donors (Lipinski definition) is 0. The fourth-order valence-corrected chi connectivity index (χ4v) is 4.58. The molecule has 0 saturated carbocycles. The van der Waals surface area contributed by atoms with E-state index in [0.717, 1.165) is 17.2 Å². The number of rotatable bonds is 6. The summed E-state index contributed by atoms with van der Waals surface area (Å²) in [6, 6.07) is 19.2. The van der Waals surface area contributed by atoms with Crippen LogP contribution < -0.4 is 0 Å². The monoisotopic (exact) mass is 384 g/mol. The van der Waals surface area contributed by atoms with Gasteiger partial charge in [-0.05, 0) is 65.1 Å². The average molecular weight is 385 g/mol. The van der Waals surface area contributed by atoms with E-state index in [0.29, 0.717) is 0 Å². The van der Waals surface area contributed by atoms with Crippen LogP contribution in [0.5, 0.6) is 0 Å². The van der Waals surface area contributed by atoms with Gasteiger partial charge in [0.2, 0.25) is 0 Å². The van der Waals surface area contributed by atoms with Crippen LogP contribution >= 0.6 is 34.7 Å². The molecule has 0 bridgehead atoms. The molecule has 128 valence electrons. The van der Waals surface area contributed by atoms with Gasteiger partial charge in [-0.25, -0.2) is 0 Å². The van der Waals surface area contributed by atoms with Crippen molar-refractivity contribution in [3.63, 3.8) is 0 Å². The molecule has 2 aromatic carbocycles. The van der Waals surface area contributed by atoms with Crippen LogP contribution in [-0.4, -0.2) is 0 Å². The van der Waals surface area contributed by atoms with Crippen molar-refractivity contribution >= 4 is 40.8 Å². The lowest BCUT2D eigenvalue weighted by Gasteiger charge is -2.09. The van der Waals surface area contributed by atoms with Crippen molar-refractivity contribution in [3.05, 3.63) is 97.0 Å². The Bertz CT molecular complexity index is 842. The van der Waals surface area contributed by atoms with Gasteiger partial charge in [0, 0.05) is 22.1 Å². The summed E-state index contributed by atoms with van der Waals surface area (Å²) in [7, 11) is 0. The highest BCUT2D eigenvalue weighted by molar-refractivity contribution is 8.02. The summed E-state index contributed by atoms with van der Waals surface area (Å²) in [5.74, 6) is 0.990. The highest BCUT2D eigenvalue weighted by Crippen LogP contribution is 2.30. The molecular formula is C22H21ClS2. The minimum Gasteiger partial charge on any atom is -0.144 e. The van der Waals surface area contributed by atoms with Crippen molar-refractivity contribution in [3.8, 4) is 0 Å². The Hall–Kier alpha value is -1.48. The molecule has 0 radical (unpaired) electrons. The summed E-state index contributed by atoms with van der Waals surface area (Å²) in [5, 5.41) is 2.95. The molecule has 0 aliphatic carbocycles. The summed E-state index contributed by atoms with van der Waals surface area (Å²) in [4.78, 5) is 2.73. The number of allylic oxidation sites excluding steroid dienone is 1. The molecule has 3 rings (SSSR count). The van der Waals surface area contributed by atoms with Crippen LogP contribution in [0.25, 0.3) is 6.08 Å². The van der Waals surface area contributed by atoms with Crippen molar-refractivity contribution in [1.82, 2.24) is 0 Å². The fraction of sp³-hybridized carbons (Fsp3) is 0.182. The summed E-state index contributed by atoms with van der Waals surface area (Å²) in [5.41, 5.74) is 5.30. The van der Waals surface area contributed by atoms with Gasteiger partial charge in [0.1, 0.15) is 0 Å². The third-order valence-electron chi connectivity index (χ3n) is 4.03. The Morgan fingerprint density at radius 2 is 1.64 bits per heavy atom. The zero-order valence-corrected chi connectivity index (χ0v) is 16.8. The van der Waals surface area contributed by atoms with Crippen LogP contribution in [0.4, 0.5) is 0 Å². The largest absolute Gasteiger partial charge is 0.144 e. The van der Waals surface area contributed by atoms with Crippen LogP contribution in [0, 0.1) is 13.8 Å². The van der Waals surface area contributed by atoms with Crippen LogP contribution in [0.1, 0.15) is 27.1 Å². The number of thiophene rings is 1. The molecule has 3 heteroatoms. The number of hydrogen-bond acceptors (Lipinski definition) is 2. The molecule has 0 N–H and O–H groups in total. The van der Waals surface area contributed by atoms with E-state index in [2.05, 4.69) is 67.8 Å². The normalized spacial score (nSPS) is 11.7. The summed E-state index contributed by atoms with van der Waals surface area (Å²) < 4.78 is 0. The molecule has 1 aromatic heterocycles. The number of halogens is 1. The zero-order chi connectivity index (χ0) is 17.6. The van der Waals surface area contributed by atoms with Gasteiger partial charge in [0.15, 0.2) is 0 Å². The lowest BCUT2D eigenvalue weighted by molar-refractivity contribution is 1.25. The van der Waals surface area contributed by atoms with E-state index < -0.39 is 0 Å². The Balaban J connectivity index is 1.78. The summed E-state index contributed by atoms with van der Waals surface area (Å²) >= 11 is 9.74. The Labute approximate surface area is 163 Å². The van der Waals surface area contributed by atoms with Crippen LogP contribution in [0.2, 0.25) is 5.02 Å². The first-order valence-electron chi connectivity index (χ1n) is 8.27. The molecule has 1 heterocycles. The van der Waals surface area contributed by atoms with Gasteiger partial charge in [-0.3, -0.25) is 0 Å². The third-order valence-corrected chi connectivity index (χ3v) is 6.36. The fourth-order valence-electron chi connectivity index (χ4n) is 2.49. The maximum Gasteiger partial charge on any atom is 0.0406 e. The lowest BCUT2D eigenvalue weighted by atomic mass is 10.1. The standard InChI is InChI=1S/C22H21ClS2/c1-16-3-5-19(6-4-16)15-25-21(14-22-17(2)11-12-24-22)13-18-7-9-20(23)10-8-18/h3-12,14H,13,15H2,1-2H3/b21-14+. The molecular weight excluding hydrogens is 364 g/mol. The first kappa shape index (κ1) is 18.3. The van der Waals surface area contributed by atoms with Crippen LogP contribution in [0.3, 0.4) is 0 Å². The van der Waals surface area contributed by atoms with Gasteiger partial charge in [0.05, 0.1) is 0 Å². The lowest BCUT2D eigenvalue weighted by Crippen LogP contribution is -1.89. The van der Waals surface area contributed by atoms with Gasteiger partial charge < -0.3 is 0 Å². The van der Waals surface area contributed by atoms with Crippen LogP contribution in [-0.2, 0) is 12.2 Å². The van der Waals surface area contributed by atoms with Crippen LogP contribution in [0.15, 0.2) is 64.9 Å². The smallest absolute Gasteiger partial charge is 0.0406 e. The average Bonchev–Trinajstić information content (AvgIpc) is 3.01. The zero-order valence-electron chi connectivity index (χ0n) is 14.5. The number of thioether (sulfide) groups is 1. The topological polar surface area (TPSA) is 0 Å². The van der Waals surface area contributed by atoms with Crippen molar-refractivity contribution < 1.29 is 0 Å². The third kappa shape index (κ3) is 5.50. The Morgan fingerprint density at radius 3 is 2.28 bits per heavy atom. The van der Waals surface area contributed by atoms with Gasteiger partial charge in [0.25, 0.3) is 0 Å². The Morgan fingerprint density at radius 1 is 0.960 bits per heavy atom. The molecule has 0 fully saturated rings. The highest BCUT2D eigenvalue weighted by atomic mass is 35.5. The molecule has 3 aromatic rings. The molecule has 0 unspecified atom stereocenters. The van der Waals surface area contributed by atoms with Crippen molar-refractivity contribution in [2.75, 3.05) is 0 Å². The minimum atomic E-state index is 0.788. The molecule has 0 atom stereocenters. The first-order valence-corrected chi connectivity index (χ1v) is 10.5. The van der Waals surface area contributed by atoms with E-state index in [9.17, 15) is 0 Å². The molecule has 0 spiro atoms. The summed E-state index contributed by atoms with van der Waals surface area (Å²) in [6.45, 7) is 4.30. The maximum atomic E-state index is 6.02. The van der Waals surface area contributed by atoms with Crippen molar-refractivity contribution in [2.45, 2.75) is 26.0 Å². The van der Waals surface area contributed by atoms with E-state index in [4.69, 9.17) is 11.6 Å². The second-order valence-electron chi connectivity index (χ2n) is 6.16. The minimum absolute atomic E-state index is 0.788. The van der Waals surface area contributed by atoms with Gasteiger partial charge >= 0.3 is 0 Å². The molecule has 0 aliphatic rings. The van der Waals surface area contributed by atoms with Crippen molar-refractivity contribution in [2.24, 2.45) is 0 Å². The predicted molar refractivity (Wildman–Crippen MR) is 115 cm³/mol. The highest BCUT2D eigenvalue weighted by Gasteiger charge is 2.05. The number of benzene rings is 2. The molecule has 0 saturated heterocycles. The van der Waals surface area contributed by atoms with E-state index >= 15 is 0 Å². The number of aryl methyl sites for hydroxylation is 2. The van der Waals surface area contributed by atoms with E-state index in [-0.39, 0.29) is 0 Å². The van der Waals surface area contributed by atoms with Crippen molar-refractivity contribution in [1.29, 1.82) is 0 Å².